The lowest BCUT2D eigenvalue weighted by Gasteiger charge is -2.37. The molecule has 0 amide bonds. The molecule has 2 N–H and O–H groups in total. The Kier molecular flexibility index (Phi) is 4.53. The second kappa shape index (κ2) is 5.39. The Morgan fingerprint density at radius 3 is 2.33 bits per heavy atom. The van der Waals surface area contributed by atoms with Crippen LogP contribution in [-0.4, -0.2) is 28.9 Å². The molecule has 0 unspecified atom stereocenters. The van der Waals surface area contributed by atoms with Gasteiger partial charge < -0.3 is 14.9 Å². The minimum atomic E-state index is -1.000. The zero-order valence-corrected chi connectivity index (χ0v) is 11.3. The minimum Gasteiger partial charge on any atom is -0.427 e. The Labute approximate surface area is 108 Å². The van der Waals surface area contributed by atoms with Gasteiger partial charge in [-0.1, -0.05) is 6.07 Å². The summed E-state index contributed by atoms with van der Waals surface area (Å²) < 4.78 is 18.9. The van der Waals surface area contributed by atoms with Gasteiger partial charge in [-0.15, -0.1) is 0 Å². The molecule has 0 aliphatic rings. The molecule has 0 saturated heterocycles. The van der Waals surface area contributed by atoms with E-state index in [-0.39, 0.29) is 14.1 Å². The van der Waals surface area contributed by atoms with Crippen LogP contribution in [0.3, 0.4) is 0 Å². The molecule has 1 aromatic carbocycles. The highest BCUT2D eigenvalue weighted by molar-refractivity contribution is 6.47. The van der Waals surface area contributed by atoms with Gasteiger partial charge in [-0.05, 0) is 50.9 Å². The average Bonchev–Trinajstić information content (AvgIpc) is 2.24. The first kappa shape index (κ1) is 15.2. The smallest absolute Gasteiger partial charge is 0.309 e. The Bertz CT molecular complexity index is 413. The number of aliphatic hydroxyl groups is 2. The van der Waals surface area contributed by atoms with Crippen LogP contribution in [-0.2, 0) is 11.3 Å². The molecule has 0 bridgehead atoms. The van der Waals surface area contributed by atoms with Crippen molar-refractivity contribution in [2.75, 3.05) is 0 Å². The number of aliphatic hydroxyl groups excluding tert-OH is 1. The van der Waals surface area contributed by atoms with Crippen molar-refractivity contribution in [2.45, 2.75) is 45.5 Å². The molecule has 0 radical (unpaired) electrons. The van der Waals surface area contributed by atoms with E-state index in [4.69, 9.17) is 9.76 Å². The van der Waals surface area contributed by atoms with Crippen LogP contribution in [0.5, 0.6) is 0 Å². The molecule has 0 heterocycles. The topological polar surface area (TPSA) is 49.7 Å². The van der Waals surface area contributed by atoms with Gasteiger partial charge in [0.15, 0.2) is 0 Å². The van der Waals surface area contributed by atoms with Crippen molar-refractivity contribution in [3.8, 4) is 0 Å². The molecule has 100 valence electrons. The molecule has 0 aromatic heterocycles. The quantitative estimate of drug-likeness (QED) is 0.766. The van der Waals surface area contributed by atoms with Crippen LogP contribution >= 0.6 is 0 Å². The van der Waals surface area contributed by atoms with E-state index in [1.54, 1.807) is 33.8 Å². The van der Waals surface area contributed by atoms with Crippen LogP contribution in [0.4, 0.5) is 4.39 Å². The summed E-state index contributed by atoms with van der Waals surface area (Å²) in [5.74, 6) is -0.402. The lowest BCUT2D eigenvalue weighted by molar-refractivity contribution is -0.0893. The van der Waals surface area contributed by atoms with E-state index in [2.05, 4.69) is 0 Å². The van der Waals surface area contributed by atoms with Gasteiger partial charge in [0.1, 0.15) is 5.82 Å². The van der Waals surface area contributed by atoms with E-state index >= 15 is 0 Å². The van der Waals surface area contributed by atoms with Crippen LogP contribution in [0.1, 0.15) is 33.3 Å². The Hall–Kier alpha value is -0.905. The maximum Gasteiger partial charge on any atom is 0.309 e. The molecule has 18 heavy (non-hydrogen) atoms. The number of hydrogen-bond donors (Lipinski definition) is 2. The fraction of sp³-hybridized carbons (Fsp3) is 0.538. The van der Waals surface area contributed by atoms with Gasteiger partial charge in [-0.2, -0.15) is 0 Å². The first-order valence-electron chi connectivity index (χ1n) is 5.91. The first-order chi connectivity index (χ1) is 8.15. The highest BCUT2D eigenvalue weighted by Crippen LogP contribution is 2.24. The van der Waals surface area contributed by atoms with Crippen LogP contribution in [0.25, 0.3) is 0 Å². The molecule has 5 heteroatoms. The predicted octanol–water partition coefficient (Wildman–Crippen LogP) is 0.861. The van der Waals surface area contributed by atoms with Gasteiger partial charge in [-0.25, -0.2) is 4.39 Å². The average molecular weight is 254 g/mol. The van der Waals surface area contributed by atoms with Crippen LogP contribution in [0.2, 0.25) is 0 Å². The van der Waals surface area contributed by atoms with Crippen LogP contribution in [0.15, 0.2) is 18.2 Å². The summed E-state index contributed by atoms with van der Waals surface area (Å²) in [6.07, 6.45) is 0. The molecule has 0 saturated carbocycles. The van der Waals surface area contributed by atoms with E-state index in [1.807, 2.05) is 0 Å². The van der Waals surface area contributed by atoms with Crippen LogP contribution in [0, 0.1) is 5.82 Å². The van der Waals surface area contributed by atoms with Gasteiger partial charge in [0, 0.05) is 0 Å². The van der Waals surface area contributed by atoms with E-state index in [0.29, 0.717) is 11.0 Å². The monoisotopic (exact) mass is 254 g/mol. The minimum absolute atomic E-state index is 0.182. The highest BCUT2D eigenvalue weighted by Gasteiger charge is 2.35. The van der Waals surface area contributed by atoms with E-state index < -0.39 is 17.0 Å². The summed E-state index contributed by atoms with van der Waals surface area (Å²) in [5, 5.41) is 18.9. The van der Waals surface area contributed by atoms with Crippen molar-refractivity contribution in [3.63, 3.8) is 0 Å². The third-order valence-electron chi connectivity index (χ3n) is 3.27. The van der Waals surface area contributed by atoms with E-state index in [0.717, 1.165) is 0 Å². The fourth-order valence-corrected chi connectivity index (χ4v) is 1.33. The molecule has 0 aliphatic heterocycles. The summed E-state index contributed by atoms with van der Waals surface area (Å²) >= 11 is 0. The normalized spacial score (nSPS) is 12.6. The molecule has 0 spiro atoms. The molecule has 1 rings (SSSR count). The van der Waals surface area contributed by atoms with E-state index in [9.17, 15) is 9.50 Å². The lowest BCUT2D eigenvalue weighted by atomic mass is 9.82. The molecule has 0 aliphatic carbocycles. The van der Waals surface area contributed by atoms with Crippen molar-refractivity contribution >= 4 is 12.9 Å². The first-order valence-corrected chi connectivity index (χ1v) is 5.91. The van der Waals surface area contributed by atoms with Gasteiger partial charge in [-0.3, -0.25) is 0 Å². The van der Waals surface area contributed by atoms with Crippen molar-refractivity contribution in [1.82, 2.24) is 0 Å². The van der Waals surface area contributed by atoms with Gasteiger partial charge in [0.2, 0.25) is 0 Å². The standard InChI is InChI=1S/C13H20BFO3/c1-12(2,17)13(3,4)18-14-10-5-9(8-16)6-11(15)7-10/h5-7,14,16-17H,8H2,1-4H3. The summed E-state index contributed by atoms with van der Waals surface area (Å²) in [7, 11) is 0.182. The molecule has 0 fully saturated rings. The number of benzene rings is 1. The van der Waals surface area contributed by atoms with Crippen LogP contribution < -0.4 is 5.46 Å². The second-order valence-corrected chi connectivity index (χ2v) is 5.48. The molecule has 3 nitrogen and oxygen atoms in total. The predicted molar refractivity (Wildman–Crippen MR) is 70.6 cm³/mol. The molecule has 0 atom stereocenters. The van der Waals surface area contributed by atoms with Crippen molar-refractivity contribution in [2.24, 2.45) is 0 Å². The maximum absolute atomic E-state index is 13.3. The van der Waals surface area contributed by atoms with Gasteiger partial charge in [0.25, 0.3) is 0 Å². The summed E-state index contributed by atoms with van der Waals surface area (Å²) in [4.78, 5) is 0. The van der Waals surface area contributed by atoms with Crippen molar-refractivity contribution < 1.29 is 19.3 Å². The zero-order chi connectivity index (χ0) is 14.0. The highest BCUT2D eigenvalue weighted by atomic mass is 19.1. The number of halogens is 1. The second-order valence-electron chi connectivity index (χ2n) is 5.48. The van der Waals surface area contributed by atoms with Crippen molar-refractivity contribution in [3.05, 3.63) is 29.6 Å². The summed E-state index contributed by atoms with van der Waals surface area (Å²) in [6.45, 7) is 6.67. The zero-order valence-electron chi connectivity index (χ0n) is 11.3. The summed E-state index contributed by atoms with van der Waals surface area (Å²) in [6, 6.07) is 4.33. The van der Waals surface area contributed by atoms with E-state index in [1.165, 1.54) is 12.1 Å². The Morgan fingerprint density at radius 1 is 1.22 bits per heavy atom. The third-order valence-corrected chi connectivity index (χ3v) is 3.27. The Balaban J connectivity index is 2.78. The fourth-order valence-electron chi connectivity index (χ4n) is 1.33. The van der Waals surface area contributed by atoms with Crippen molar-refractivity contribution in [1.29, 1.82) is 0 Å². The molecule has 1 aromatic rings. The summed E-state index contributed by atoms with van der Waals surface area (Å²) in [5.41, 5.74) is -0.607. The number of rotatable bonds is 5. The van der Waals surface area contributed by atoms with Gasteiger partial charge >= 0.3 is 7.48 Å². The number of hydrogen-bond acceptors (Lipinski definition) is 3. The Morgan fingerprint density at radius 2 is 1.83 bits per heavy atom. The SMILES string of the molecule is CC(C)(O)C(C)(C)OBc1cc(F)cc(CO)c1. The third kappa shape index (κ3) is 3.80. The van der Waals surface area contributed by atoms with Gasteiger partial charge in [0.05, 0.1) is 17.8 Å². The lowest BCUT2D eigenvalue weighted by Crippen LogP contribution is -2.49. The molecular weight excluding hydrogens is 234 g/mol. The maximum atomic E-state index is 13.3. The largest absolute Gasteiger partial charge is 0.427 e. The molecular formula is C13H20BFO3.